The molecule has 0 aliphatic carbocycles. The molecule has 0 aliphatic heterocycles. The third kappa shape index (κ3) is 3.04. The number of nitrogen functional groups attached to an aromatic ring is 1. The molecule has 22 heavy (non-hydrogen) atoms. The zero-order valence-corrected chi connectivity index (χ0v) is 12.9. The highest BCUT2D eigenvalue weighted by molar-refractivity contribution is 9.10. The minimum absolute atomic E-state index is 0.0552. The van der Waals surface area contributed by atoms with Crippen molar-refractivity contribution in [3.05, 3.63) is 58.6 Å². The molecular weight excluding hydrogens is 348 g/mol. The van der Waals surface area contributed by atoms with Crippen LogP contribution in [0, 0.1) is 0 Å². The lowest BCUT2D eigenvalue weighted by molar-refractivity contribution is 0.0462. The van der Waals surface area contributed by atoms with Crippen LogP contribution >= 0.6 is 15.9 Å². The lowest BCUT2D eigenvalue weighted by Crippen LogP contribution is -2.09. The van der Waals surface area contributed by atoms with E-state index in [4.69, 9.17) is 10.5 Å². The molecule has 0 spiro atoms. The molecule has 0 amide bonds. The Morgan fingerprint density at radius 3 is 2.86 bits per heavy atom. The molecule has 0 aliphatic rings. The van der Waals surface area contributed by atoms with Crippen molar-refractivity contribution in [1.82, 2.24) is 15.0 Å². The summed E-state index contributed by atoms with van der Waals surface area (Å²) in [6, 6.07) is 9.02. The van der Waals surface area contributed by atoms with Crippen LogP contribution < -0.4 is 5.73 Å². The van der Waals surface area contributed by atoms with Gasteiger partial charge in [0.1, 0.15) is 5.82 Å². The fraction of sp³-hybridized carbons (Fsp3) is 0.0667. The Morgan fingerprint density at radius 2 is 2.05 bits per heavy atom. The standard InChI is InChI=1S/C15H11BrN4O2/c16-10-5-9(6-18-7-10)15(21)22-8-13-19-12-4-2-1-3-11(12)14(17)20-13/h1-7H,8H2,(H2,17,19,20). The van der Waals surface area contributed by atoms with Crippen LogP contribution in [0.3, 0.4) is 0 Å². The van der Waals surface area contributed by atoms with Gasteiger partial charge in [0.25, 0.3) is 0 Å². The minimum Gasteiger partial charge on any atom is -0.454 e. The summed E-state index contributed by atoms with van der Waals surface area (Å²) in [5.74, 6) is 0.220. The van der Waals surface area contributed by atoms with Crippen molar-refractivity contribution in [2.75, 3.05) is 5.73 Å². The second-order valence-electron chi connectivity index (χ2n) is 4.51. The summed E-state index contributed by atoms with van der Waals surface area (Å²) >= 11 is 3.25. The topological polar surface area (TPSA) is 91.0 Å². The number of carbonyl (C=O) groups excluding carboxylic acids is 1. The lowest BCUT2D eigenvalue weighted by Gasteiger charge is -2.06. The molecule has 0 bridgehead atoms. The Bertz CT molecular complexity index is 854. The average Bonchev–Trinajstić information content (AvgIpc) is 2.53. The molecule has 0 saturated heterocycles. The summed E-state index contributed by atoms with van der Waals surface area (Å²) in [6.07, 6.45) is 3.02. The van der Waals surface area contributed by atoms with Crippen molar-refractivity contribution in [3.63, 3.8) is 0 Å². The number of fused-ring (bicyclic) bond motifs is 1. The van der Waals surface area contributed by atoms with Crippen molar-refractivity contribution >= 4 is 38.6 Å². The van der Waals surface area contributed by atoms with Gasteiger partial charge in [0.15, 0.2) is 12.4 Å². The predicted octanol–water partition coefficient (Wildman–Crippen LogP) is 2.73. The van der Waals surface area contributed by atoms with Crippen molar-refractivity contribution in [2.45, 2.75) is 6.61 Å². The van der Waals surface area contributed by atoms with Crippen molar-refractivity contribution in [3.8, 4) is 0 Å². The smallest absolute Gasteiger partial charge is 0.340 e. The van der Waals surface area contributed by atoms with E-state index in [0.29, 0.717) is 27.2 Å². The number of benzene rings is 1. The maximum atomic E-state index is 11.9. The van der Waals surface area contributed by atoms with Gasteiger partial charge in [-0.3, -0.25) is 4.98 Å². The van der Waals surface area contributed by atoms with E-state index < -0.39 is 5.97 Å². The molecular formula is C15H11BrN4O2. The summed E-state index contributed by atoms with van der Waals surface area (Å²) in [7, 11) is 0. The number of anilines is 1. The van der Waals surface area contributed by atoms with E-state index in [1.807, 2.05) is 24.3 Å². The first kappa shape index (κ1) is 14.4. The van der Waals surface area contributed by atoms with Gasteiger partial charge in [0.05, 0.1) is 11.1 Å². The predicted molar refractivity (Wildman–Crippen MR) is 85.0 cm³/mol. The number of nitrogens with zero attached hydrogens (tertiary/aromatic N) is 3. The third-order valence-electron chi connectivity index (χ3n) is 2.95. The fourth-order valence-electron chi connectivity index (χ4n) is 1.95. The summed E-state index contributed by atoms with van der Waals surface area (Å²) in [5, 5.41) is 0.772. The van der Waals surface area contributed by atoms with Gasteiger partial charge in [-0.2, -0.15) is 0 Å². The number of para-hydroxylation sites is 1. The van der Waals surface area contributed by atoms with Gasteiger partial charge in [0, 0.05) is 22.3 Å². The van der Waals surface area contributed by atoms with E-state index in [9.17, 15) is 4.79 Å². The van der Waals surface area contributed by atoms with Crippen LogP contribution in [-0.2, 0) is 11.3 Å². The van der Waals surface area contributed by atoms with Gasteiger partial charge in [-0.05, 0) is 34.1 Å². The largest absolute Gasteiger partial charge is 0.454 e. The maximum Gasteiger partial charge on any atom is 0.340 e. The van der Waals surface area contributed by atoms with Crippen molar-refractivity contribution in [2.24, 2.45) is 0 Å². The Kier molecular flexibility index (Phi) is 3.97. The average molecular weight is 359 g/mol. The van der Waals surface area contributed by atoms with Crippen LogP contribution in [0.5, 0.6) is 0 Å². The zero-order chi connectivity index (χ0) is 15.5. The molecule has 0 fully saturated rings. The number of nitrogens with two attached hydrogens (primary N) is 1. The Labute approximate surface area is 134 Å². The zero-order valence-electron chi connectivity index (χ0n) is 11.4. The lowest BCUT2D eigenvalue weighted by atomic mass is 10.2. The molecule has 2 aromatic heterocycles. The van der Waals surface area contributed by atoms with Crippen molar-refractivity contribution in [1.29, 1.82) is 0 Å². The molecule has 0 radical (unpaired) electrons. The minimum atomic E-state index is -0.496. The normalized spacial score (nSPS) is 10.6. The first-order chi connectivity index (χ1) is 10.6. The maximum absolute atomic E-state index is 11.9. The van der Waals surface area contributed by atoms with Gasteiger partial charge >= 0.3 is 5.97 Å². The Morgan fingerprint density at radius 1 is 1.23 bits per heavy atom. The molecule has 3 aromatic rings. The molecule has 7 heteroatoms. The number of ether oxygens (including phenoxy) is 1. The van der Waals surface area contributed by atoms with E-state index in [1.54, 1.807) is 12.3 Å². The van der Waals surface area contributed by atoms with Crippen LogP contribution in [0.2, 0.25) is 0 Å². The highest BCUT2D eigenvalue weighted by Crippen LogP contribution is 2.17. The number of pyridine rings is 1. The van der Waals surface area contributed by atoms with Gasteiger partial charge in [-0.1, -0.05) is 12.1 Å². The second-order valence-corrected chi connectivity index (χ2v) is 5.43. The molecule has 0 atom stereocenters. The summed E-state index contributed by atoms with van der Waals surface area (Å²) in [6.45, 7) is -0.0552. The monoisotopic (exact) mass is 358 g/mol. The van der Waals surface area contributed by atoms with E-state index in [1.165, 1.54) is 6.20 Å². The molecule has 6 nitrogen and oxygen atoms in total. The summed E-state index contributed by atoms with van der Waals surface area (Å²) in [4.78, 5) is 24.3. The first-order valence-corrected chi connectivity index (χ1v) is 7.21. The summed E-state index contributed by atoms with van der Waals surface area (Å²) < 4.78 is 5.89. The van der Waals surface area contributed by atoms with Gasteiger partial charge in [-0.25, -0.2) is 14.8 Å². The van der Waals surface area contributed by atoms with E-state index in [2.05, 4.69) is 30.9 Å². The number of hydrogen-bond donors (Lipinski definition) is 1. The molecule has 2 N–H and O–H groups in total. The highest BCUT2D eigenvalue weighted by atomic mass is 79.9. The molecule has 0 saturated carbocycles. The second kappa shape index (κ2) is 6.07. The first-order valence-electron chi connectivity index (χ1n) is 6.42. The Hall–Kier alpha value is -2.54. The van der Waals surface area contributed by atoms with Crippen LogP contribution in [0.1, 0.15) is 16.2 Å². The van der Waals surface area contributed by atoms with E-state index in [-0.39, 0.29) is 6.61 Å². The number of hydrogen-bond acceptors (Lipinski definition) is 6. The molecule has 1 aromatic carbocycles. The van der Waals surface area contributed by atoms with Gasteiger partial charge < -0.3 is 10.5 Å². The van der Waals surface area contributed by atoms with Gasteiger partial charge in [-0.15, -0.1) is 0 Å². The molecule has 110 valence electrons. The fourth-order valence-corrected chi connectivity index (χ4v) is 2.32. The summed E-state index contributed by atoms with van der Waals surface area (Å²) in [5.41, 5.74) is 6.95. The van der Waals surface area contributed by atoms with Gasteiger partial charge in [0.2, 0.25) is 0 Å². The highest BCUT2D eigenvalue weighted by Gasteiger charge is 2.11. The molecule has 0 unspecified atom stereocenters. The van der Waals surface area contributed by atoms with Crippen LogP contribution in [-0.4, -0.2) is 20.9 Å². The van der Waals surface area contributed by atoms with E-state index >= 15 is 0 Å². The van der Waals surface area contributed by atoms with Crippen LogP contribution in [0.15, 0.2) is 47.2 Å². The number of esters is 1. The number of rotatable bonds is 3. The van der Waals surface area contributed by atoms with Crippen LogP contribution in [0.25, 0.3) is 10.9 Å². The van der Waals surface area contributed by atoms with Crippen LogP contribution in [0.4, 0.5) is 5.82 Å². The van der Waals surface area contributed by atoms with Crippen molar-refractivity contribution < 1.29 is 9.53 Å². The number of halogens is 1. The molecule has 3 rings (SSSR count). The third-order valence-corrected chi connectivity index (χ3v) is 3.39. The SMILES string of the molecule is Nc1nc(COC(=O)c2cncc(Br)c2)nc2ccccc12. The number of aromatic nitrogens is 3. The quantitative estimate of drug-likeness (QED) is 0.723. The molecule has 2 heterocycles. The van der Waals surface area contributed by atoms with E-state index in [0.717, 1.165) is 5.39 Å². The Balaban J connectivity index is 1.78. The number of carbonyl (C=O) groups is 1.